The van der Waals surface area contributed by atoms with E-state index in [1.807, 2.05) is 10.7 Å². The number of aromatic nitrogens is 4. The zero-order valence-corrected chi connectivity index (χ0v) is 20.9. The zero-order chi connectivity index (χ0) is 24.1. The Labute approximate surface area is 202 Å². The summed E-state index contributed by atoms with van der Waals surface area (Å²) in [6.07, 6.45) is 0.925. The fourth-order valence-electron chi connectivity index (χ4n) is 4.51. The molecule has 182 valence electrons. The van der Waals surface area contributed by atoms with E-state index in [0.717, 1.165) is 50.5 Å². The largest absolute Gasteiger partial charge is 0.493 e. The molecule has 1 aliphatic heterocycles. The van der Waals surface area contributed by atoms with Crippen LogP contribution in [0.15, 0.2) is 48.5 Å². The van der Waals surface area contributed by atoms with Crippen LogP contribution in [0.25, 0.3) is 0 Å². The standard InChI is InChI=1S/C26H36N6O2/c1-6-26(2,3)32-25(27-28-29-32)24(21-12-13-22(33-4)23(18-21)34-5)31-16-14-30(15-17-31)19-20-10-8-7-9-11-20/h7-13,18,24H,6,14-17,19H2,1-5H3/t24-/m1/s1. The molecular weight excluding hydrogens is 428 g/mol. The third-order valence-corrected chi connectivity index (χ3v) is 6.92. The molecule has 1 atom stereocenters. The molecule has 34 heavy (non-hydrogen) atoms. The molecule has 1 aliphatic rings. The van der Waals surface area contributed by atoms with E-state index in [0.29, 0.717) is 11.5 Å². The highest BCUT2D eigenvalue weighted by molar-refractivity contribution is 5.45. The fraction of sp³-hybridized carbons (Fsp3) is 0.500. The average Bonchev–Trinajstić information content (AvgIpc) is 3.36. The fourth-order valence-corrected chi connectivity index (χ4v) is 4.51. The van der Waals surface area contributed by atoms with Crippen molar-refractivity contribution in [1.29, 1.82) is 0 Å². The second-order valence-electron chi connectivity index (χ2n) is 9.43. The van der Waals surface area contributed by atoms with Crippen LogP contribution < -0.4 is 9.47 Å². The second-order valence-corrected chi connectivity index (χ2v) is 9.43. The summed E-state index contributed by atoms with van der Waals surface area (Å²) in [6, 6.07) is 16.7. The Morgan fingerprint density at radius 1 is 0.941 bits per heavy atom. The number of benzene rings is 2. The Morgan fingerprint density at radius 3 is 2.29 bits per heavy atom. The molecule has 1 saturated heterocycles. The highest BCUT2D eigenvalue weighted by Crippen LogP contribution is 2.36. The van der Waals surface area contributed by atoms with Crippen LogP contribution >= 0.6 is 0 Å². The Balaban J connectivity index is 1.64. The molecule has 3 aromatic rings. The number of hydrogen-bond acceptors (Lipinski definition) is 7. The Kier molecular flexibility index (Phi) is 7.48. The number of nitrogens with zero attached hydrogens (tertiary/aromatic N) is 6. The van der Waals surface area contributed by atoms with Crippen molar-refractivity contribution in [2.45, 2.75) is 45.3 Å². The molecule has 2 heterocycles. The summed E-state index contributed by atoms with van der Waals surface area (Å²) in [5.74, 6) is 2.28. The van der Waals surface area contributed by atoms with Gasteiger partial charge in [0.15, 0.2) is 17.3 Å². The van der Waals surface area contributed by atoms with Crippen LogP contribution in [0, 0.1) is 0 Å². The van der Waals surface area contributed by atoms with Crippen LogP contribution in [0.4, 0.5) is 0 Å². The van der Waals surface area contributed by atoms with Gasteiger partial charge in [-0.25, -0.2) is 4.68 Å². The lowest BCUT2D eigenvalue weighted by molar-refractivity contribution is 0.0971. The van der Waals surface area contributed by atoms with Gasteiger partial charge in [0.05, 0.1) is 25.8 Å². The van der Waals surface area contributed by atoms with E-state index in [-0.39, 0.29) is 11.6 Å². The molecule has 0 unspecified atom stereocenters. The maximum Gasteiger partial charge on any atom is 0.173 e. The van der Waals surface area contributed by atoms with Crippen LogP contribution in [-0.2, 0) is 12.1 Å². The molecular formula is C26H36N6O2. The van der Waals surface area contributed by atoms with Crippen molar-refractivity contribution in [1.82, 2.24) is 30.0 Å². The Bertz CT molecular complexity index is 1060. The highest BCUT2D eigenvalue weighted by Gasteiger charge is 2.34. The van der Waals surface area contributed by atoms with Gasteiger partial charge in [-0.2, -0.15) is 0 Å². The van der Waals surface area contributed by atoms with E-state index in [1.165, 1.54) is 5.56 Å². The molecule has 0 spiro atoms. The van der Waals surface area contributed by atoms with Crippen molar-refractivity contribution in [2.24, 2.45) is 0 Å². The van der Waals surface area contributed by atoms with E-state index in [2.05, 4.69) is 88.6 Å². The normalized spacial score (nSPS) is 16.4. The van der Waals surface area contributed by atoms with Gasteiger partial charge in [0, 0.05) is 32.7 Å². The number of ether oxygens (including phenoxy) is 2. The first kappa shape index (κ1) is 24.2. The van der Waals surface area contributed by atoms with Crippen molar-refractivity contribution in [2.75, 3.05) is 40.4 Å². The number of tetrazole rings is 1. The van der Waals surface area contributed by atoms with E-state index >= 15 is 0 Å². The molecule has 0 bridgehead atoms. The molecule has 0 amide bonds. The molecule has 1 fully saturated rings. The van der Waals surface area contributed by atoms with E-state index in [1.54, 1.807) is 14.2 Å². The second kappa shape index (κ2) is 10.5. The maximum absolute atomic E-state index is 5.62. The van der Waals surface area contributed by atoms with Crippen LogP contribution in [0.5, 0.6) is 11.5 Å². The van der Waals surface area contributed by atoms with Crippen molar-refractivity contribution in [3.63, 3.8) is 0 Å². The SMILES string of the molecule is CCC(C)(C)n1nnnc1[C@@H](c1ccc(OC)c(OC)c1)N1CCN(Cc2ccccc2)CC1. The third-order valence-electron chi connectivity index (χ3n) is 6.92. The van der Waals surface area contributed by atoms with Crippen molar-refractivity contribution in [3.05, 3.63) is 65.5 Å². The summed E-state index contributed by atoms with van der Waals surface area (Å²) in [6.45, 7) is 11.3. The Morgan fingerprint density at radius 2 is 1.65 bits per heavy atom. The van der Waals surface area contributed by atoms with Gasteiger partial charge in [-0.15, -0.1) is 5.10 Å². The molecule has 1 aromatic heterocycles. The first-order valence-electron chi connectivity index (χ1n) is 12.0. The number of methoxy groups -OCH3 is 2. The topological polar surface area (TPSA) is 68.5 Å². The van der Waals surface area contributed by atoms with Crippen LogP contribution in [0.3, 0.4) is 0 Å². The quantitative estimate of drug-likeness (QED) is 0.478. The minimum absolute atomic E-state index is 0.0838. The van der Waals surface area contributed by atoms with Crippen molar-refractivity contribution in [3.8, 4) is 11.5 Å². The predicted molar refractivity (Wildman–Crippen MR) is 132 cm³/mol. The molecule has 0 radical (unpaired) electrons. The first-order chi connectivity index (χ1) is 16.5. The lowest BCUT2D eigenvalue weighted by Crippen LogP contribution is -2.48. The van der Waals surface area contributed by atoms with Gasteiger partial charge in [0.25, 0.3) is 0 Å². The van der Waals surface area contributed by atoms with Gasteiger partial charge in [0.2, 0.25) is 0 Å². The lowest BCUT2D eigenvalue weighted by Gasteiger charge is -2.39. The summed E-state index contributed by atoms with van der Waals surface area (Å²) >= 11 is 0. The monoisotopic (exact) mass is 464 g/mol. The summed E-state index contributed by atoms with van der Waals surface area (Å²) in [4.78, 5) is 4.99. The number of rotatable bonds is 9. The maximum atomic E-state index is 5.62. The van der Waals surface area contributed by atoms with Crippen LogP contribution in [0.1, 0.15) is 50.2 Å². The molecule has 0 saturated carbocycles. The lowest BCUT2D eigenvalue weighted by atomic mass is 9.98. The van der Waals surface area contributed by atoms with E-state index < -0.39 is 0 Å². The van der Waals surface area contributed by atoms with Gasteiger partial charge in [-0.3, -0.25) is 9.80 Å². The van der Waals surface area contributed by atoms with Gasteiger partial charge in [-0.05, 0) is 54.0 Å². The molecule has 2 aromatic carbocycles. The third kappa shape index (κ3) is 5.08. The minimum Gasteiger partial charge on any atom is -0.493 e. The van der Waals surface area contributed by atoms with Gasteiger partial charge in [0.1, 0.15) is 0 Å². The number of piperazine rings is 1. The zero-order valence-electron chi connectivity index (χ0n) is 20.9. The molecule has 4 rings (SSSR count). The summed E-state index contributed by atoms with van der Waals surface area (Å²) in [7, 11) is 3.33. The molecule has 0 aliphatic carbocycles. The summed E-state index contributed by atoms with van der Waals surface area (Å²) in [5, 5.41) is 13.0. The predicted octanol–water partition coefficient (Wildman–Crippen LogP) is 3.74. The van der Waals surface area contributed by atoms with Crippen molar-refractivity contribution >= 4 is 0 Å². The summed E-state index contributed by atoms with van der Waals surface area (Å²) in [5.41, 5.74) is 2.25. The van der Waals surface area contributed by atoms with Crippen LogP contribution in [-0.4, -0.2) is 70.4 Å². The molecule has 8 nitrogen and oxygen atoms in total. The summed E-state index contributed by atoms with van der Waals surface area (Å²) < 4.78 is 13.1. The highest BCUT2D eigenvalue weighted by atomic mass is 16.5. The minimum atomic E-state index is -0.192. The van der Waals surface area contributed by atoms with Crippen LogP contribution in [0.2, 0.25) is 0 Å². The molecule has 8 heteroatoms. The van der Waals surface area contributed by atoms with Gasteiger partial charge < -0.3 is 9.47 Å². The number of hydrogen-bond donors (Lipinski definition) is 0. The molecule has 0 N–H and O–H groups in total. The van der Waals surface area contributed by atoms with Crippen molar-refractivity contribution < 1.29 is 9.47 Å². The first-order valence-corrected chi connectivity index (χ1v) is 12.0. The Hall–Kier alpha value is -2.97. The van der Waals surface area contributed by atoms with Gasteiger partial charge >= 0.3 is 0 Å². The smallest absolute Gasteiger partial charge is 0.173 e. The average molecular weight is 465 g/mol. The van der Waals surface area contributed by atoms with Gasteiger partial charge in [-0.1, -0.05) is 43.3 Å². The van der Waals surface area contributed by atoms with E-state index in [4.69, 9.17) is 9.47 Å². The van der Waals surface area contributed by atoms with E-state index in [9.17, 15) is 0 Å².